The lowest BCUT2D eigenvalue weighted by Gasteiger charge is -2.06. The maximum Gasteiger partial charge on any atom is 0.266 e. The zero-order valence-corrected chi connectivity index (χ0v) is 10.7. The van der Waals surface area contributed by atoms with Crippen LogP contribution in [0.4, 0.5) is 0 Å². The van der Waals surface area contributed by atoms with Gasteiger partial charge < -0.3 is 0 Å². The first-order valence-electron chi connectivity index (χ1n) is 4.85. The Hall–Kier alpha value is -1.77. The minimum atomic E-state index is -3.70. The number of nitrogens with zero attached hydrogens (tertiary/aromatic N) is 1. The van der Waals surface area contributed by atoms with E-state index < -0.39 is 15.9 Å². The number of hydrogen-bond acceptors (Lipinski definition) is 5. The van der Waals surface area contributed by atoms with Crippen molar-refractivity contribution in [1.82, 2.24) is 15.2 Å². The van der Waals surface area contributed by atoms with E-state index in [1.54, 1.807) is 11.4 Å². The molecule has 0 unspecified atom stereocenters. The standard InChI is InChI=1S/C10H9N3O3S2/c14-10(8-3-5-11-6-4-8)12-13-18(15,16)9-2-1-7-17-9/h1-7,13H,(H,12,14). The summed E-state index contributed by atoms with van der Waals surface area (Å²) in [7, 11) is -3.70. The van der Waals surface area contributed by atoms with Gasteiger partial charge in [0.15, 0.2) is 0 Å². The summed E-state index contributed by atoms with van der Waals surface area (Å²) in [6.07, 6.45) is 2.89. The highest BCUT2D eigenvalue weighted by atomic mass is 32.2. The van der Waals surface area contributed by atoms with Crippen LogP contribution < -0.4 is 10.3 Å². The molecule has 0 saturated carbocycles. The van der Waals surface area contributed by atoms with Crippen LogP contribution in [0.25, 0.3) is 0 Å². The van der Waals surface area contributed by atoms with Crippen molar-refractivity contribution in [2.24, 2.45) is 0 Å². The van der Waals surface area contributed by atoms with Crippen molar-refractivity contribution in [3.63, 3.8) is 0 Å². The Bertz CT molecular complexity index is 624. The molecular weight excluding hydrogens is 274 g/mol. The molecule has 0 atom stereocenters. The summed E-state index contributed by atoms with van der Waals surface area (Å²) in [5, 5.41) is 1.64. The monoisotopic (exact) mass is 283 g/mol. The Morgan fingerprint density at radius 2 is 1.94 bits per heavy atom. The predicted molar refractivity (Wildman–Crippen MR) is 66.3 cm³/mol. The molecule has 6 nitrogen and oxygen atoms in total. The van der Waals surface area contributed by atoms with Gasteiger partial charge in [0.1, 0.15) is 4.21 Å². The van der Waals surface area contributed by atoms with Gasteiger partial charge in [-0.25, -0.2) is 8.42 Å². The molecule has 1 amide bonds. The number of nitrogens with one attached hydrogen (secondary N) is 2. The van der Waals surface area contributed by atoms with Gasteiger partial charge in [-0.2, -0.15) is 0 Å². The van der Waals surface area contributed by atoms with Crippen LogP contribution in [0.2, 0.25) is 0 Å². The van der Waals surface area contributed by atoms with Gasteiger partial charge in [0.2, 0.25) is 0 Å². The Labute approximate surface area is 108 Å². The number of carbonyl (C=O) groups is 1. The van der Waals surface area contributed by atoms with Gasteiger partial charge in [0.05, 0.1) is 0 Å². The van der Waals surface area contributed by atoms with E-state index >= 15 is 0 Å². The fourth-order valence-corrected chi connectivity index (χ4v) is 2.99. The molecule has 8 heteroatoms. The molecule has 0 aromatic carbocycles. The molecule has 2 aromatic heterocycles. The van der Waals surface area contributed by atoms with Crippen LogP contribution in [0.3, 0.4) is 0 Å². The van der Waals surface area contributed by atoms with Gasteiger partial charge in [0.25, 0.3) is 15.9 Å². The van der Waals surface area contributed by atoms with E-state index in [4.69, 9.17) is 0 Å². The molecule has 0 aliphatic heterocycles. The largest absolute Gasteiger partial charge is 0.273 e. The van der Waals surface area contributed by atoms with Crippen molar-refractivity contribution >= 4 is 27.3 Å². The lowest BCUT2D eigenvalue weighted by molar-refractivity contribution is 0.0945. The van der Waals surface area contributed by atoms with Crippen molar-refractivity contribution in [1.29, 1.82) is 0 Å². The second-order valence-electron chi connectivity index (χ2n) is 3.23. The first-order chi connectivity index (χ1) is 8.59. The number of thiophene rings is 1. The third-order valence-corrected chi connectivity index (χ3v) is 4.65. The van der Waals surface area contributed by atoms with Gasteiger partial charge in [-0.3, -0.25) is 15.2 Å². The highest BCUT2D eigenvalue weighted by Gasteiger charge is 2.16. The highest BCUT2D eigenvalue weighted by molar-refractivity contribution is 7.91. The summed E-state index contributed by atoms with van der Waals surface area (Å²) >= 11 is 1.07. The lowest BCUT2D eigenvalue weighted by atomic mass is 10.3. The molecule has 2 rings (SSSR count). The number of carbonyl (C=O) groups excluding carboxylic acids is 1. The van der Waals surface area contributed by atoms with E-state index in [1.807, 2.05) is 4.83 Å². The third-order valence-electron chi connectivity index (χ3n) is 2.00. The van der Waals surface area contributed by atoms with Crippen molar-refractivity contribution in [3.8, 4) is 0 Å². The Balaban J connectivity index is 2.03. The molecule has 2 heterocycles. The number of rotatable bonds is 4. The van der Waals surface area contributed by atoms with Crippen LogP contribution in [0.5, 0.6) is 0 Å². The zero-order chi connectivity index (χ0) is 13.0. The van der Waals surface area contributed by atoms with Crippen LogP contribution in [0.1, 0.15) is 10.4 Å². The lowest BCUT2D eigenvalue weighted by Crippen LogP contribution is -2.41. The number of hydrazine groups is 1. The molecule has 94 valence electrons. The molecule has 18 heavy (non-hydrogen) atoms. The second kappa shape index (κ2) is 5.25. The fraction of sp³-hybridized carbons (Fsp3) is 0. The summed E-state index contributed by atoms with van der Waals surface area (Å²) in [6, 6.07) is 6.03. The highest BCUT2D eigenvalue weighted by Crippen LogP contribution is 2.14. The van der Waals surface area contributed by atoms with Gasteiger partial charge >= 0.3 is 0 Å². The van der Waals surface area contributed by atoms with Crippen LogP contribution in [0.15, 0.2) is 46.2 Å². The molecular formula is C10H9N3O3S2. The molecule has 0 saturated heterocycles. The molecule has 2 aromatic rings. The Morgan fingerprint density at radius 3 is 2.56 bits per heavy atom. The number of sulfonamides is 1. The molecule has 0 radical (unpaired) electrons. The molecule has 0 aliphatic rings. The minimum Gasteiger partial charge on any atom is -0.273 e. The summed E-state index contributed by atoms with van der Waals surface area (Å²) in [6.45, 7) is 0. The molecule has 0 bridgehead atoms. The SMILES string of the molecule is O=C(NNS(=O)(=O)c1cccs1)c1ccncc1. The van der Waals surface area contributed by atoms with E-state index in [9.17, 15) is 13.2 Å². The normalized spacial score (nSPS) is 11.1. The quantitative estimate of drug-likeness (QED) is 0.811. The van der Waals surface area contributed by atoms with Crippen molar-refractivity contribution < 1.29 is 13.2 Å². The van der Waals surface area contributed by atoms with E-state index in [0.29, 0.717) is 5.56 Å². The molecule has 0 spiro atoms. The van der Waals surface area contributed by atoms with Crippen LogP contribution in [-0.2, 0) is 10.0 Å². The Kier molecular flexibility index (Phi) is 3.70. The van der Waals surface area contributed by atoms with Crippen LogP contribution in [-0.4, -0.2) is 19.3 Å². The van der Waals surface area contributed by atoms with E-state index in [0.717, 1.165) is 11.3 Å². The van der Waals surface area contributed by atoms with E-state index in [2.05, 4.69) is 10.4 Å². The van der Waals surface area contributed by atoms with Crippen molar-refractivity contribution in [2.75, 3.05) is 0 Å². The average Bonchev–Trinajstić information content (AvgIpc) is 2.92. The summed E-state index contributed by atoms with van der Waals surface area (Å²) in [5.41, 5.74) is 2.45. The maximum atomic E-state index is 11.7. The minimum absolute atomic E-state index is 0.137. The van der Waals surface area contributed by atoms with Crippen LogP contribution in [0, 0.1) is 0 Å². The number of amides is 1. The summed E-state index contributed by atoms with van der Waals surface area (Å²) in [4.78, 5) is 17.4. The van der Waals surface area contributed by atoms with E-state index in [1.165, 1.54) is 30.6 Å². The van der Waals surface area contributed by atoms with Crippen LogP contribution >= 0.6 is 11.3 Å². The number of hydrogen-bond donors (Lipinski definition) is 2. The van der Waals surface area contributed by atoms with E-state index in [-0.39, 0.29) is 4.21 Å². The predicted octanol–water partition coefficient (Wildman–Crippen LogP) is 0.766. The smallest absolute Gasteiger partial charge is 0.266 e. The zero-order valence-electron chi connectivity index (χ0n) is 9.03. The van der Waals surface area contributed by atoms with Crippen molar-refractivity contribution in [2.45, 2.75) is 4.21 Å². The molecule has 0 aliphatic carbocycles. The van der Waals surface area contributed by atoms with Gasteiger partial charge in [-0.1, -0.05) is 6.07 Å². The number of aromatic nitrogens is 1. The molecule has 0 fully saturated rings. The van der Waals surface area contributed by atoms with Gasteiger partial charge in [-0.15, -0.1) is 16.2 Å². The second-order valence-corrected chi connectivity index (χ2v) is 6.08. The Morgan fingerprint density at radius 1 is 1.22 bits per heavy atom. The van der Waals surface area contributed by atoms with Gasteiger partial charge in [-0.05, 0) is 23.6 Å². The first kappa shape index (κ1) is 12.7. The number of pyridine rings is 1. The summed E-state index contributed by atoms with van der Waals surface area (Å²) < 4.78 is 23.5. The first-order valence-corrected chi connectivity index (χ1v) is 7.21. The third kappa shape index (κ3) is 2.92. The average molecular weight is 283 g/mol. The fourth-order valence-electron chi connectivity index (χ4n) is 1.16. The van der Waals surface area contributed by atoms with Crippen molar-refractivity contribution in [3.05, 3.63) is 47.6 Å². The molecule has 2 N–H and O–H groups in total. The summed E-state index contributed by atoms with van der Waals surface area (Å²) in [5.74, 6) is -0.544. The maximum absolute atomic E-state index is 11.7. The van der Waals surface area contributed by atoms with Gasteiger partial charge in [0, 0.05) is 18.0 Å². The topological polar surface area (TPSA) is 88.2 Å².